The van der Waals surface area contributed by atoms with E-state index < -0.39 is 0 Å². The summed E-state index contributed by atoms with van der Waals surface area (Å²) in [5.41, 5.74) is 0. The highest BCUT2D eigenvalue weighted by atomic mass is 16.2. The molecule has 0 radical (unpaired) electrons. The molecular formula is C11H24N2O. The van der Waals surface area contributed by atoms with Gasteiger partial charge in [-0.15, -0.1) is 0 Å². The van der Waals surface area contributed by atoms with E-state index in [1.54, 1.807) is 0 Å². The van der Waals surface area contributed by atoms with Gasteiger partial charge in [0.2, 0.25) is 0 Å². The molecule has 0 aromatic carbocycles. The second-order valence-corrected chi connectivity index (χ2v) is 4.21. The number of hydrogen-bond donors (Lipinski definition) is 2. The van der Waals surface area contributed by atoms with Crippen LogP contribution in [0.5, 0.6) is 0 Å². The average Bonchev–Trinajstić information content (AvgIpc) is 2.65. The molecule has 0 aliphatic carbocycles. The summed E-state index contributed by atoms with van der Waals surface area (Å²) in [4.78, 5) is 2.54. The summed E-state index contributed by atoms with van der Waals surface area (Å²) in [7, 11) is 2.05. The smallest absolute Gasteiger partial charge is 0.0431 e. The second-order valence-electron chi connectivity index (χ2n) is 4.21. The molecule has 2 N–H and O–H groups in total. The van der Waals surface area contributed by atoms with Crippen molar-refractivity contribution in [3.8, 4) is 0 Å². The molecule has 0 aromatic rings. The Hall–Kier alpha value is -0.120. The quantitative estimate of drug-likeness (QED) is 0.598. The minimum atomic E-state index is 0.353. The Morgan fingerprint density at radius 2 is 2.07 bits per heavy atom. The van der Waals surface area contributed by atoms with Crippen molar-refractivity contribution in [1.82, 2.24) is 10.2 Å². The van der Waals surface area contributed by atoms with Crippen molar-refractivity contribution in [1.29, 1.82) is 0 Å². The van der Waals surface area contributed by atoms with E-state index in [0.29, 0.717) is 12.6 Å². The lowest BCUT2D eigenvalue weighted by molar-refractivity contribution is 0.277. The van der Waals surface area contributed by atoms with E-state index in [1.165, 1.54) is 45.3 Å². The lowest BCUT2D eigenvalue weighted by Gasteiger charge is -2.15. The van der Waals surface area contributed by atoms with Gasteiger partial charge in [-0.25, -0.2) is 0 Å². The highest BCUT2D eigenvalue weighted by Gasteiger charge is 2.19. The Balaban J connectivity index is 1.92. The van der Waals surface area contributed by atoms with Crippen molar-refractivity contribution in [3.05, 3.63) is 0 Å². The van der Waals surface area contributed by atoms with Crippen molar-refractivity contribution in [2.45, 2.75) is 38.1 Å². The van der Waals surface area contributed by atoms with Gasteiger partial charge in [-0.2, -0.15) is 0 Å². The lowest BCUT2D eigenvalue weighted by Crippen LogP contribution is -2.30. The zero-order chi connectivity index (χ0) is 10.2. The third-order valence-corrected chi connectivity index (χ3v) is 3.06. The van der Waals surface area contributed by atoms with Crippen LogP contribution in [0.15, 0.2) is 0 Å². The van der Waals surface area contributed by atoms with Crippen LogP contribution in [0.3, 0.4) is 0 Å². The Morgan fingerprint density at radius 1 is 1.29 bits per heavy atom. The first kappa shape index (κ1) is 12.0. The van der Waals surface area contributed by atoms with E-state index in [1.807, 2.05) is 0 Å². The van der Waals surface area contributed by atoms with E-state index >= 15 is 0 Å². The molecule has 0 aromatic heterocycles. The molecule has 1 rings (SSSR count). The monoisotopic (exact) mass is 200 g/mol. The van der Waals surface area contributed by atoms with Crippen LogP contribution in [-0.2, 0) is 0 Å². The van der Waals surface area contributed by atoms with Crippen molar-refractivity contribution >= 4 is 0 Å². The largest absolute Gasteiger partial charge is 0.396 e. The lowest BCUT2D eigenvalue weighted by atomic mass is 10.2. The number of hydrogen-bond acceptors (Lipinski definition) is 3. The molecule has 1 heterocycles. The number of unbranched alkanes of at least 4 members (excludes halogenated alkanes) is 3. The number of nitrogens with one attached hydrogen (secondary N) is 1. The maximum atomic E-state index is 8.63. The molecule has 0 amide bonds. The molecule has 3 nitrogen and oxygen atoms in total. The highest BCUT2D eigenvalue weighted by molar-refractivity contribution is 4.79. The summed E-state index contributed by atoms with van der Waals surface area (Å²) in [6.45, 7) is 4.07. The minimum Gasteiger partial charge on any atom is -0.396 e. The van der Waals surface area contributed by atoms with Gasteiger partial charge in [-0.3, -0.25) is 0 Å². The van der Waals surface area contributed by atoms with Gasteiger partial charge in [0, 0.05) is 19.2 Å². The number of rotatable bonds is 7. The minimum absolute atomic E-state index is 0.353. The second kappa shape index (κ2) is 7.21. The van der Waals surface area contributed by atoms with Gasteiger partial charge in [-0.1, -0.05) is 12.8 Å². The first-order chi connectivity index (χ1) is 6.86. The molecule has 0 bridgehead atoms. The summed E-state index contributed by atoms with van der Waals surface area (Å²) in [6, 6.07) is 0.715. The van der Waals surface area contributed by atoms with Crippen LogP contribution in [0.25, 0.3) is 0 Å². The van der Waals surface area contributed by atoms with E-state index in [9.17, 15) is 0 Å². The van der Waals surface area contributed by atoms with Gasteiger partial charge in [0.05, 0.1) is 0 Å². The number of likely N-dealkylation sites (N-methyl/N-ethyl adjacent to an activating group) is 1. The molecule has 1 unspecified atom stereocenters. The summed E-state index contributed by atoms with van der Waals surface area (Å²) in [5.74, 6) is 0. The Morgan fingerprint density at radius 3 is 2.71 bits per heavy atom. The summed E-state index contributed by atoms with van der Waals surface area (Å²) in [6.07, 6.45) is 6.00. The van der Waals surface area contributed by atoms with Gasteiger partial charge in [0.25, 0.3) is 0 Å². The summed E-state index contributed by atoms with van der Waals surface area (Å²) in [5, 5.41) is 12.0. The molecule has 3 heteroatoms. The van der Waals surface area contributed by atoms with Gasteiger partial charge in [-0.05, 0) is 39.4 Å². The zero-order valence-corrected chi connectivity index (χ0v) is 9.34. The molecule has 1 fully saturated rings. The van der Waals surface area contributed by atoms with Gasteiger partial charge in [0.1, 0.15) is 0 Å². The fraction of sp³-hybridized carbons (Fsp3) is 1.00. The molecule has 1 aliphatic heterocycles. The SMILES string of the molecule is CNC1CCN(CCCCCCO)C1. The van der Waals surface area contributed by atoms with Crippen LogP contribution in [-0.4, -0.2) is 49.3 Å². The van der Waals surface area contributed by atoms with Crippen molar-refractivity contribution < 1.29 is 5.11 Å². The molecule has 1 aliphatic rings. The molecule has 84 valence electrons. The number of aliphatic hydroxyl groups is 1. The number of nitrogens with zero attached hydrogens (tertiary/aromatic N) is 1. The van der Waals surface area contributed by atoms with Crippen LogP contribution in [0.2, 0.25) is 0 Å². The first-order valence-corrected chi connectivity index (χ1v) is 5.87. The van der Waals surface area contributed by atoms with Crippen LogP contribution in [0, 0.1) is 0 Å². The van der Waals surface area contributed by atoms with E-state index in [2.05, 4.69) is 17.3 Å². The molecule has 0 saturated carbocycles. The Kier molecular flexibility index (Phi) is 6.15. The summed E-state index contributed by atoms with van der Waals surface area (Å²) >= 11 is 0. The van der Waals surface area contributed by atoms with Gasteiger partial charge in [0.15, 0.2) is 0 Å². The molecule has 14 heavy (non-hydrogen) atoms. The summed E-state index contributed by atoms with van der Waals surface area (Å²) < 4.78 is 0. The van der Waals surface area contributed by atoms with Crippen molar-refractivity contribution in [2.24, 2.45) is 0 Å². The van der Waals surface area contributed by atoms with E-state index in [-0.39, 0.29) is 0 Å². The standard InChI is InChI=1S/C11H24N2O/c1-12-11-6-8-13(10-11)7-4-2-3-5-9-14/h11-12,14H,2-10H2,1H3. The van der Waals surface area contributed by atoms with Gasteiger partial charge < -0.3 is 15.3 Å². The molecule has 1 atom stereocenters. The fourth-order valence-corrected chi connectivity index (χ4v) is 2.07. The van der Waals surface area contributed by atoms with Crippen LogP contribution < -0.4 is 5.32 Å². The molecular weight excluding hydrogens is 176 g/mol. The highest BCUT2D eigenvalue weighted by Crippen LogP contribution is 2.10. The van der Waals surface area contributed by atoms with E-state index in [0.717, 1.165) is 6.42 Å². The van der Waals surface area contributed by atoms with Crippen molar-refractivity contribution in [3.63, 3.8) is 0 Å². The Bertz CT molecular complexity index is 141. The first-order valence-electron chi connectivity index (χ1n) is 5.87. The predicted molar refractivity (Wildman–Crippen MR) is 59.5 cm³/mol. The molecule has 0 spiro atoms. The van der Waals surface area contributed by atoms with Crippen LogP contribution in [0.4, 0.5) is 0 Å². The third-order valence-electron chi connectivity index (χ3n) is 3.06. The number of aliphatic hydroxyl groups excluding tert-OH is 1. The van der Waals surface area contributed by atoms with Gasteiger partial charge >= 0.3 is 0 Å². The Labute approximate surface area is 87.5 Å². The van der Waals surface area contributed by atoms with Crippen LogP contribution >= 0.6 is 0 Å². The fourth-order valence-electron chi connectivity index (χ4n) is 2.07. The van der Waals surface area contributed by atoms with Crippen LogP contribution in [0.1, 0.15) is 32.1 Å². The average molecular weight is 200 g/mol. The maximum absolute atomic E-state index is 8.63. The third kappa shape index (κ3) is 4.40. The molecule has 1 saturated heterocycles. The van der Waals surface area contributed by atoms with E-state index in [4.69, 9.17) is 5.11 Å². The topological polar surface area (TPSA) is 35.5 Å². The van der Waals surface area contributed by atoms with Crippen molar-refractivity contribution in [2.75, 3.05) is 33.3 Å². The normalized spacial score (nSPS) is 23.1. The zero-order valence-electron chi connectivity index (χ0n) is 9.34. The number of likely N-dealkylation sites (tertiary alicyclic amines) is 1. The maximum Gasteiger partial charge on any atom is 0.0431 e. The predicted octanol–water partition coefficient (Wildman–Crippen LogP) is 0.833.